The van der Waals surface area contributed by atoms with Crippen LogP contribution in [-0.2, 0) is 9.84 Å². The number of likely N-dealkylation sites (tertiary alicyclic amines) is 1. The number of hydrogen-bond acceptors (Lipinski definition) is 9. The Hall–Kier alpha value is -2.61. The van der Waals surface area contributed by atoms with E-state index in [1.165, 1.54) is 12.8 Å². The fourth-order valence-corrected chi connectivity index (χ4v) is 6.61. The maximum atomic E-state index is 11.9. The van der Waals surface area contributed by atoms with E-state index in [9.17, 15) is 8.42 Å². The highest BCUT2D eigenvalue weighted by atomic mass is 32.2. The first-order valence-electron chi connectivity index (χ1n) is 13.0. The Morgan fingerprint density at radius 2 is 1.89 bits per heavy atom. The Bertz CT molecular complexity index is 1230. The monoisotopic (exact) mass is 512 g/mol. The lowest BCUT2D eigenvalue weighted by Gasteiger charge is -2.26. The standard InChI is InChI=1S/C26H36N6O3S/c1-35-24-19-22-23(18-20(24)6-4-13-31-11-2-3-12-31)29-26(32-14-5-9-27-10-15-32)30-25(22)28-21-7-16-36(33,34)17-8-21/h18-19,21,27H,2-3,5,7-17H2,1H3,(H,28,29,30). The molecule has 3 aliphatic rings. The Morgan fingerprint density at radius 3 is 2.67 bits per heavy atom. The summed E-state index contributed by atoms with van der Waals surface area (Å²) in [5, 5.41) is 7.85. The van der Waals surface area contributed by atoms with Crippen LogP contribution in [0.1, 0.15) is 37.7 Å². The van der Waals surface area contributed by atoms with Gasteiger partial charge in [0.1, 0.15) is 21.4 Å². The van der Waals surface area contributed by atoms with Gasteiger partial charge in [-0.3, -0.25) is 4.90 Å². The second kappa shape index (κ2) is 11.2. The van der Waals surface area contributed by atoms with Crippen LogP contribution in [-0.4, -0.2) is 93.8 Å². The zero-order valence-electron chi connectivity index (χ0n) is 21.1. The van der Waals surface area contributed by atoms with Gasteiger partial charge >= 0.3 is 0 Å². The molecular weight excluding hydrogens is 476 g/mol. The lowest BCUT2D eigenvalue weighted by Crippen LogP contribution is -2.33. The summed E-state index contributed by atoms with van der Waals surface area (Å²) in [5.41, 5.74) is 1.63. The molecule has 1 aromatic heterocycles. The van der Waals surface area contributed by atoms with Gasteiger partial charge in [0, 0.05) is 31.1 Å². The topological polar surface area (TPSA) is 99.7 Å². The van der Waals surface area contributed by atoms with Gasteiger partial charge in [-0.15, -0.1) is 0 Å². The molecule has 0 unspecified atom stereocenters. The molecule has 3 saturated heterocycles. The Kier molecular flexibility index (Phi) is 7.79. The number of aromatic nitrogens is 2. The van der Waals surface area contributed by atoms with Gasteiger partial charge in [-0.25, -0.2) is 13.4 Å². The molecule has 2 aromatic rings. The molecule has 3 aliphatic heterocycles. The number of nitrogens with zero attached hydrogens (tertiary/aromatic N) is 4. The highest BCUT2D eigenvalue weighted by Crippen LogP contribution is 2.32. The minimum absolute atomic E-state index is 0.0520. The van der Waals surface area contributed by atoms with Crippen LogP contribution in [0.2, 0.25) is 0 Å². The van der Waals surface area contributed by atoms with Gasteiger partial charge < -0.3 is 20.3 Å². The van der Waals surface area contributed by atoms with E-state index in [4.69, 9.17) is 14.7 Å². The smallest absolute Gasteiger partial charge is 0.227 e. The number of sulfone groups is 1. The van der Waals surface area contributed by atoms with E-state index in [2.05, 4.69) is 32.3 Å². The molecule has 194 valence electrons. The van der Waals surface area contributed by atoms with Crippen molar-refractivity contribution in [1.29, 1.82) is 0 Å². The average molecular weight is 513 g/mol. The van der Waals surface area contributed by atoms with Crippen LogP contribution < -0.4 is 20.3 Å². The summed E-state index contributed by atoms with van der Waals surface area (Å²) in [6, 6.07) is 4.02. The molecule has 2 N–H and O–H groups in total. The molecule has 0 saturated carbocycles. The molecule has 0 atom stereocenters. The minimum atomic E-state index is -2.94. The van der Waals surface area contributed by atoms with E-state index in [0.29, 0.717) is 24.5 Å². The van der Waals surface area contributed by atoms with Crippen LogP contribution >= 0.6 is 0 Å². The summed E-state index contributed by atoms with van der Waals surface area (Å²) >= 11 is 0. The van der Waals surface area contributed by atoms with Crippen LogP contribution in [0.25, 0.3) is 10.9 Å². The second-order valence-electron chi connectivity index (χ2n) is 9.89. The summed E-state index contributed by atoms with van der Waals surface area (Å²) in [7, 11) is -1.28. The molecule has 9 nitrogen and oxygen atoms in total. The first-order chi connectivity index (χ1) is 17.5. The predicted octanol–water partition coefficient (Wildman–Crippen LogP) is 1.87. The van der Waals surface area contributed by atoms with Crippen molar-refractivity contribution in [3.8, 4) is 17.6 Å². The summed E-state index contributed by atoms with van der Waals surface area (Å²) < 4.78 is 29.6. The van der Waals surface area contributed by atoms with Crippen LogP contribution in [0.4, 0.5) is 11.8 Å². The second-order valence-corrected chi connectivity index (χ2v) is 12.2. The Labute approximate surface area is 213 Å². The largest absolute Gasteiger partial charge is 0.495 e. The van der Waals surface area contributed by atoms with E-state index in [1.54, 1.807) is 7.11 Å². The molecule has 5 rings (SSSR count). The molecule has 3 fully saturated rings. The maximum Gasteiger partial charge on any atom is 0.227 e. The molecule has 0 bridgehead atoms. The first kappa shape index (κ1) is 25.1. The fraction of sp³-hybridized carbons (Fsp3) is 0.615. The molecule has 10 heteroatoms. The highest BCUT2D eigenvalue weighted by molar-refractivity contribution is 7.91. The molecule has 0 spiro atoms. The third-order valence-electron chi connectivity index (χ3n) is 7.25. The highest BCUT2D eigenvalue weighted by Gasteiger charge is 2.25. The van der Waals surface area contributed by atoms with Crippen LogP contribution in [0, 0.1) is 11.8 Å². The molecular formula is C26H36N6O3S. The molecule has 0 amide bonds. The van der Waals surface area contributed by atoms with Crippen LogP contribution in [0.5, 0.6) is 5.75 Å². The number of hydrogen-bond donors (Lipinski definition) is 2. The van der Waals surface area contributed by atoms with Crippen molar-refractivity contribution in [2.75, 3.05) is 74.6 Å². The number of rotatable bonds is 5. The first-order valence-corrected chi connectivity index (χ1v) is 14.9. The van der Waals surface area contributed by atoms with Gasteiger partial charge in [0.15, 0.2) is 0 Å². The normalized spacial score (nSPS) is 21.1. The third-order valence-corrected chi connectivity index (χ3v) is 8.96. The lowest BCUT2D eigenvalue weighted by molar-refractivity contribution is 0.383. The van der Waals surface area contributed by atoms with Crippen molar-refractivity contribution in [2.45, 2.75) is 38.1 Å². The Morgan fingerprint density at radius 1 is 1.08 bits per heavy atom. The van der Waals surface area contributed by atoms with E-state index in [0.717, 1.165) is 74.5 Å². The molecule has 0 aliphatic carbocycles. The minimum Gasteiger partial charge on any atom is -0.495 e. The quantitative estimate of drug-likeness (QED) is 0.582. The number of nitrogens with one attached hydrogen (secondary N) is 2. The van der Waals surface area contributed by atoms with Crippen LogP contribution in [0.15, 0.2) is 12.1 Å². The molecule has 0 radical (unpaired) electrons. The van der Waals surface area contributed by atoms with E-state index in [1.807, 2.05) is 12.1 Å². The Balaban J connectivity index is 1.50. The number of methoxy groups -OCH3 is 1. The van der Waals surface area contributed by atoms with E-state index < -0.39 is 9.84 Å². The van der Waals surface area contributed by atoms with Crippen molar-refractivity contribution in [3.63, 3.8) is 0 Å². The number of benzene rings is 1. The summed E-state index contributed by atoms with van der Waals surface area (Å²) in [4.78, 5) is 14.5. The van der Waals surface area contributed by atoms with Crippen molar-refractivity contribution in [2.24, 2.45) is 0 Å². The van der Waals surface area contributed by atoms with Crippen molar-refractivity contribution >= 4 is 32.5 Å². The van der Waals surface area contributed by atoms with E-state index >= 15 is 0 Å². The van der Waals surface area contributed by atoms with Gasteiger partial charge in [-0.2, -0.15) is 4.98 Å². The lowest BCUT2D eigenvalue weighted by atomic mass is 10.1. The number of ether oxygens (including phenoxy) is 1. The molecule has 36 heavy (non-hydrogen) atoms. The van der Waals surface area contributed by atoms with E-state index in [-0.39, 0.29) is 17.5 Å². The van der Waals surface area contributed by atoms with Gasteiger partial charge in [-0.05, 0) is 63.9 Å². The number of fused-ring (bicyclic) bond motifs is 1. The van der Waals surface area contributed by atoms with Crippen molar-refractivity contribution in [3.05, 3.63) is 17.7 Å². The fourth-order valence-electron chi connectivity index (χ4n) is 5.12. The van der Waals surface area contributed by atoms with Crippen molar-refractivity contribution < 1.29 is 13.2 Å². The van der Waals surface area contributed by atoms with Crippen molar-refractivity contribution in [1.82, 2.24) is 20.2 Å². The zero-order chi connectivity index (χ0) is 25.0. The van der Waals surface area contributed by atoms with Gasteiger partial charge in [0.25, 0.3) is 0 Å². The molecule has 1 aromatic carbocycles. The van der Waals surface area contributed by atoms with Gasteiger partial charge in [0.2, 0.25) is 5.95 Å². The third kappa shape index (κ3) is 6.02. The van der Waals surface area contributed by atoms with Gasteiger partial charge in [0.05, 0.1) is 36.2 Å². The number of anilines is 2. The average Bonchev–Trinajstić information content (AvgIpc) is 3.24. The summed E-state index contributed by atoms with van der Waals surface area (Å²) in [5.74, 6) is 9.16. The van der Waals surface area contributed by atoms with Crippen LogP contribution in [0.3, 0.4) is 0 Å². The summed E-state index contributed by atoms with van der Waals surface area (Å²) in [6.07, 6.45) is 4.67. The molecule has 4 heterocycles. The maximum absolute atomic E-state index is 11.9. The predicted molar refractivity (Wildman–Crippen MR) is 144 cm³/mol. The zero-order valence-corrected chi connectivity index (χ0v) is 21.9. The summed E-state index contributed by atoms with van der Waals surface area (Å²) in [6.45, 7) is 6.59. The van der Waals surface area contributed by atoms with Gasteiger partial charge in [-0.1, -0.05) is 11.8 Å². The SMILES string of the molecule is COc1cc2c(NC3CCS(=O)(=O)CC3)nc(N3CCCNCC3)nc2cc1C#CCN1CCCC1.